The Morgan fingerprint density at radius 3 is 2.15 bits per heavy atom. The number of carbonyl (C=O) groups is 2. The molecule has 8 heteroatoms. The molecule has 1 aliphatic heterocycles. The molecule has 1 saturated heterocycles. The molecule has 0 aliphatic carbocycles. The van der Waals surface area contributed by atoms with Gasteiger partial charge in [0.25, 0.3) is 5.91 Å². The fourth-order valence-corrected chi connectivity index (χ4v) is 5.61. The smallest absolute Gasteiger partial charge is 0.346 e. The van der Waals surface area contributed by atoms with Gasteiger partial charge in [-0.1, -0.05) is 42.5 Å². The molecule has 0 spiro atoms. The monoisotopic (exact) mass is 561 g/mol. The summed E-state index contributed by atoms with van der Waals surface area (Å²) >= 11 is 0. The van der Waals surface area contributed by atoms with Crippen LogP contribution in [0.3, 0.4) is 0 Å². The molecule has 1 aliphatic rings. The largest absolute Gasteiger partial charge is 0.478 e. The highest BCUT2D eigenvalue weighted by Crippen LogP contribution is 2.33. The molecule has 2 unspecified atom stereocenters. The molecule has 0 bridgehead atoms. The van der Waals surface area contributed by atoms with Crippen molar-refractivity contribution in [3.05, 3.63) is 101 Å². The number of carboxylic acid groups (broad SMARTS) is 1. The first-order valence-corrected chi connectivity index (χ1v) is 14.3. The van der Waals surface area contributed by atoms with E-state index in [1.54, 1.807) is 41.3 Å². The van der Waals surface area contributed by atoms with Crippen LogP contribution in [0, 0.1) is 5.82 Å². The Morgan fingerprint density at radius 2 is 1.56 bits per heavy atom. The molecular formula is C33H40FN3O4. The number of aliphatic carboxylic acids is 1. The van der Waals surface area contributed by atoms with Crippen LogP contribution in [0.4, 0.5) is 4.39 Å². The molecule has 1 heterocycles. The van der Waals surface area contributed by atoms with Gasteiger partial charge in [0.2, 0.25) is 6.10 Å². The van der Waals surface area contributed by atoms with Crippen molar-refractivity contribution in [3.63, 3.8) is 0 Å². The number of benzene rings is 3. The van der Waals surface area contributed by atoms with Crippen molar-refractivity contribution in [2.24, 2.45) is 0 Å². The molecule has 0 saturated carbocycles. The average Bonchev–Trinajstić information content (AvgIpc) is 2.97. The molecule has 0 aromatic heterocycles. The predicted octanol–water partition coefficient (Wildman–Crippen LogP) is 5.48. The van der Waals surface area contributed by atoms with E-state index in [9.17, 15) is 19.1 Å². The van der Waals surface area contributed by atoms with Gasteiger partial charge in [0.05, 0.1) is 6.04 Å². The molecule has 1 fully saturated rings. The molecule has 1 N–H and O–H groups in total. The van der Waals surface area contributed by atoms with Crippen LogP contribution < -0.4 is 4.74 Å². The van der Waals surface area contributed by atoms with Gasteiger partial charge < -0.3 is 14.7 Å². The summed E-state index contributed by atoms with van der Waals surface area (Å²) in [5.41, 5.74) is 2.37. The van der Waals surface area contributed by atoms with Crippen molar-refractivity contribution in [1.29, 1.82) is 0 Å². The molecule has 218 valence electrons. The topological polar surface area (TPSA) is 73.3 Å². The van der Waals surface area contributed by atoms with E-state index in [0.717, 1.165) is 11.1 Å². The van der Waals surface area contributed by atoms with Crippen LogP contribution in [-0.2, 0) is 11.3 Å². The maximum Gasteiger partial charge on any atom is 0.346 e. The number of para-hydroxylation sites is 1. The minimum atomic E-state index is -1.18. The van der Waals surface area contributed by atoms with E-state index in [-0.39, 0.29) is 23.8 Å². The van der Waals surface area contributed by atoms with E-state index in [0.29, 0.717) is 44.0 Å². The van der Waals surface area contributed by atoms with Crippen LogP contribution in [0.25, 0.3) is 0 Å². The van der Waals surface area contributed by atoms with Crippen LogP contribution in [0.15, 0.2) is 78.9 Å². The SMILES string of the molecule is CCN(CC)C(=O)c1ccc(C(C(Oc2ccccc2)C(=O)O)N2C[C@@H](C)N(Cc3ccc(F)cc3)C[C@@H]2C)cc1. The van der Waals surface area contributed by atoms with Crippen molar-refractivity contribution in [2.75, 3.05) is 26.2 Å². The lowest BCUT2D eigenvalue weighted by atomic mass is 9.94. The van der Waals surface area contributed by atoms with E-state index in [1.807, 2.05) is 44.2 Å². The Morgan fingerprint density at radius 1 is 0.927 bits per heavy atom. The number of ether oxygens (including phenoxy) is 1. The molecule has 4 atom stereocenters. The molecule has 41 heavy (non-hydrogen) atoms. The van der Waals surface area contributed by atoms with Gasteiger partial charge in [0.1, 0.15) is 11.6 Å². The number of rotatable bonds is 11. The minimum Gasteiger partial charge on any atom is -0.478 e. The highest BCUT2D eigenvalue weighted by atomic mass is 19.1. The zero-order valence-corrected chi connectivity index (χ0v) is 24.2. The lowest BCUT2D eigenvalue weighted by Gasteiger charge is -2.48. The third kappa shape index (κ3) is 7.31. The summed E-state index contributed by atoms with van der Waals surface area (Å²) in [5, 5.41) is 10.4. The van der Waals surface area contributed by atoms with Gasteiger partial charge in [-0.2, -0.15) is 0 Å². The number of carbonyl (C=O) groups excluding carboxylic acids is 1. The number of halogens is 1. The summed E-state index contributed by atoms with van der Waals surface area (Å²) in [6.45, 7) is 11.3. The van der Waals surface area contributed by atoms with E-state index >= 15 is 0 Å². The molecule has 1 amide bonds. The zero-order valence-electron chi connectivity index (χ0n) is 24.2. The maximum atomic E-state index is 13.4. The van der Waals surface area contributed by atoms with Gasteiger partial charge in [-0.15, -0.1) is 0 Å². The normalized spacial score (nSPS) is 19.3. The second kappa shape index (κ2) is 13.7. The number of carboxylic acids is 1. The van der Waals surface area contributed by atoms with E-state index in [1.165, 1.54) is 12.1 Å². The summed E-state index contributed by atoms with van der Waals surface area (Å²) < 4.78 is 19.6. The van der Waals surface area contributed by atoms with Crippen molar-refractivity contribution in [2.45, 2.75) is 58.5 Å². The third-order valence-corrected chi connectivity index (χ3v) is 7.91. The van der Waals surface area contributed by atoms with Gasteiger partial charge >= 0.3 is 5.97 Å². The Kier molecular flexibility index (Phi) is 10.1. The maximum absolute atomic E-state index is 13.4. The summed E-state index contributed by atoms with van der Waals surface area (Å²) in [6.07, 6.45) is -1.18. The molecule has 4 rings (SSSR count). The van der Waals surface area contributed by atoms with Gasteiger partial charge in [0.15, 0.2) is 0 Å². The van der Waals surface area contributed by atoms with E-state index in [2.05, 4.69) is 23.6 Å². The highest BCUT2D eigenvalue weighted by molar-refractivity contribution is 5.94. The first kappa shape index (κ1) is 30.2. The summed E-state index contributed by atoms with van der Waals surface area (Å²) in [7, 11) is 0. The fraction of sp³-hybridized carbons (Fsp3) is 0.394. The molecular weight excluding hydrogens is 521 g/mol. The molecule has 3 aromatic carbocycles. The predicted molar refractivity (Wildman–Crippen MR) is 157 cm³/mol. The Hall–Kier alpha value is -3.75. The minimum absolute atomic E-state index is 0.00476. The average molecular weight is 562 g/mol. The number of piperazine rings is 1. The van der Waals surface area contributed by atoms with Crippen molar-refractivity contribution in [1.82, 2.24) is 14.7 Å². The first-order valence-electron chi connectivity index (χ1n) is 14.3. The number of nitrogens with zero attached hydrogens (tertiary/aromatic N) is 3. The van der Waals surface area contributed by atoms with Crippen LogP contribution in [0.1, 0.15) is 55.2 Å². The van der Waals surface area contributed by atoms with Crippen LogP contribution >= 0.6 is 0 Å². The number of amides is 1. The Balaban J connectivity index is 1.65. The first-order chi connectivity index (χ1) is 19.7. The molecule has 0 radical (unpaired) electrons. The lowest BCUT2D eigenvalue weighted by molar-refractivity contribution is -0.150. The second-order valence-corrected chi connectivity index (χ2v) is 10.7. The van der Waals surface area contributed by atoms with Crippen LogP contribution in [-0.4, -0.2) is 76.0 Å². The fourth-order valence-electron chi connectivity index (χ4n) is 5.61. The summed E-state index contributed by atoms with van der Waals surface area (Å²) in [4.78, 5) is 32.0. The van der Waals surface area contributed by atoms with Crippen LogP contribution in [0.2, 0.25) is 0 Å². The number of hydrogen-bond acceptors (Lipinski definition) is 5. The van der Waals surface area contributed by atoms with Gasteiger partial charge in [-0.25, -0.2) is 9.18 Å². The standard InChI is InChI=1S/C33H40FN3O4/c1-5-35(6-2)32(38)27-16-14-26(15-17-27)30(31(33(39)40)41-29-10-8-7-9-11-29)37-21-23(3)36(20-24(37)4)22-25-12-18-28(34)19-13-25/h7-19,23-24,30-31H,5-6,20-22H2,1-4H3,(H,39,40)/t23-,24+,30?,31?/m1/s1. The highest BCUT2D eigenvalue weighted by Gasteiger charge is 2.42. The summed E-state index contributed by atoms with van der Waals surface area (Å²) in [5.74, 6) is -0.889. The summed E-state index contributed by atoms with van der Waals surface area (Å²) in [6, 6.07) is 22.3. The van der Waals surface area contributed by atoms with Crippen molar-refractivity contribution >= 4 is 11.9 Å². The van der Waals surface area contributed by atoms with E-state index in [4.69, 9.17) is 4.74 Å². The Labute approximate surface area is 242 Å². The molecule has 3 aromatic rings. The second-order valence-electron chi connectivity index (χ2n) is 10.7. The van der Waals surface area contributed by atoms with Gasteiger partial charge in [0, 0.05) is 50.4 Å². The quantitative estimate of drug-likeness (QED) is 0.335. The van der Waals surface area contributed by atoms with Gasteiger partial charge in [-0.3, -0.25) is 14.6 Å². The van der Waals surface area contributed by atoms with Gasteiger partial charge in [-0.05, 0) is 75.2 Å². The van der Waals surface area contributed by atoms with E-state index < -0.39 is 18.1 Å². The number of hydrogen-bond donors (Lipinski definition) is 1. The molecule has 7 nitrogen and oxygen atoms in total. The van der Waals surface area contributed by atoms with Crippen LogP contribution in [0.5, 0.6) is 5.75 Å². The van der Waals surface area contributed by atoms with Crippen molar-refractivity contribution in [3.8, 4) is 5.75 Å². The third-order valence-electron chi connectivity index (χ3n) is 7.91. The Bertz CT molecular complexity index is 1280. The van der Waals surface area contributed by atoms with Crippen molar-refractivity contribution < 1.29 is 23.8 Å². The lowest BCUT2D eigenvalue weighted by Crippen LogP contribution is -2.59. The zero-order chi connectivity index (χ0) is 29.5.